The summed E-state index contributed by atoms with van der Waals surface area (Å²) < 4.78 is 15.7. The third-order valence-corrected chi connectivity index (χ3v) is 5.41. The molecule has 0 aliphatic carbocycles. The smallest absolute Gasteiger partial charge is 0.255 e. The van der Waals surface area contributed by atoms with Gasteiger partial charge in [0.05, 0.1) is 23.1 Å². The molecule has 3 aromatic rings. The second-order valence-electron chi connectivity index (χ2n) is 7.31. The molecule has 1 atom stereocenters. The third kappa shape index (κ3) is 3.50. The van der Waals surface area contributed by atoms with Crippen molar-refractivity contribution in [3.8, 4) is 17.3 Å². The predicted molar refractivity (Wildman–Crippen MR) is 113 cm³/mol. The topological polar surface area (TPSA) is 78.1 Å². The van der Waals surface area contributed by atoms with Crippen molar-refractivity contribution in [2.45, 2.75) is 13.0 Å². The van der Waals surface area contributed by atoms with Crippen LogP contribution in [0.4, 0.5) is 16.0 Å². The van der Waals surface area contributed by atoms with Crippen molar-refractivity contribution in [3.05, 3.63) is 70.5 Å². The zero-order valence-corrected chi connectivity index (χ0v) is 16.8. The highest BCUT2D eigenvalue weighted by molar-refractivity contribution is 5.62. The van der Waals surface area contributed by atoms with Crippen molar-refractivity contribution in [1.29, 1.82) is 5.26 Å². The largest absolute Gasteiger partial charge is 0.367 e. The SMILES string of the molecule is CC1CN(c2ccccc2C#N)CCN1c1nc(-c2ccncc2F)cc(=O)n1C. The van der Waals surface area contributed by atoms with Gasteiger partial charge in [0.2, 0.25) is 5.95 Å². The van der Waals surface area contributed by atoms with Crippen LogP contribution in [0.5, 0.6) is 0 Å². The van der Waals surface area contributed by atoms with Gasteiger partial charge in [-0.15, -0.1) is 0 Å². The predicted octanol–water partition coefficient (Wildman–Crippen LogP) is 2.57. The van der Waals surface area contributed by atoms with Crippen molar-refractivity contribution in [1.82, 2.24) is 14.5 Å². The van der Waals surface area contributed by atoms with Gasteiger partial charge in [0.25, 0.3) is 5.56 Å². The lowest BCUT2D eigenvalue weighted by Gasteiger charge is -2.42. The summed E-state index contributed by atoms with van der Waals surface area (Å²) in [7, 11) is 1.67. The highest BCUT2D eigenvalue weighted by Crippen LogP contribution is 2.26. The maximum atomic E-state index is 14.2. The normalized spacial score (nSPS) is 16.4. The van der Waals surface area contributed by atoms with Gasteiger partial charge in [-0.05, 0) is 25.1 Å². The molecule has 1 aliphatic rings. The van der Waals surface area contributed by atoms with Gasteiger partial charge in [-0.1, -0.05) is 12.1 Å². The minimum absolute atomic E-state index is 0.0288. The summed E-state index contributed by atoms with van der Waals surface area (Å²) in [4.78, 5) is 25.2. The molecule has 0 radical (unpaired) electrons. The van der Waals surface area contributed by atoms with E-state index in [9.17, 15) is 14.4 Å². The quantitative estimate of drug-likeness (QED) is 0.668. The number of nitrogens with zero attached hydrogens (tertiary/aromatic N) is 6. The molecule has 1 aliphatic heterocycles. The average molecular weight is 404 g/mol. The summed E-state index contributed by atoms with van der Waals surface area (Å²) >= 11 is 0. The average Bonchev–Trinajstić information content (AvgIpc) is 2.76. The third-order valence-electron chi connectivity index (χ3n) is 5.41. The first-order valence-corrected chi connectivity index (χ1v) is 9.68. The second kappa shape index (κ2) is 7.95. The second-order valence-corrected chi connectivity index (χ2v) is 7.31. The highest BCUT2D eigenvalue weighted by atomic mass is 19.1. The van der Waals surface area contributed by atoms with Gasteiger partial charge in [-0.3, -0.25) is 14.3 Å². The molecule has 1 saturated heterocycles. The fourth-order valence-electron chi connectivity index (χ4n) is 3.82. The van der Waals surface area contributed by atoms with Gasteiger partial charge in [-0.2, -0.15) is 5.26 Å². The van der Waals surface area contributed by atoms with Gasteiger partial charge < -0.3 is 9.80 Å². The van der Waals surface area contributed by atoms with Crippen molar-refractivity contribution >= 4 is 11.6 Å². The minimum Gasteiger partial charge on any atom is -0.367 e. The summed E-state index contributed by atoms with van der Waals surface area (Å²) in [5.74, 6) is -0.0235. The zero-order valence-electron chi connectivity index (χ0n) is 16.8. The van der Waals surface area contributed by atoms with Gasteiger partial charge in [0.15, 0.2) is 5.82 Å². The molecule has 0 bridgehead atoms. The lowest BCUT2D eigenvalue weighted by atomic mass is 10.1. The Bertz CT molecular complexity index is 1180. The zero-order chi connectivity index (χ0) is 21.3. The Hall–Kier alpha value is -3.73. The van der Waals surface area contributed by atoms with Crippen molar-refractivity contribution in [2.75, 3.05) is 29.4 Å². The van der Waals surface area contributed by atoms with Gasteiger partial charge >= 0.3 is 0 Å². The van der Waals surface area contributed by atoms with Crippen LogP contribution in [0.15, 0.2) is 53.6 Å². The number of anilines is 2. The Morgan fingerprint density at radius 2 is 2.03 bits per heavy atom. The number of nitriles is 1. The molecule has 152 valence electrons. The molecule has 1 unspecified atom stereocenters. The van der Waals surface area contributed by atoms with E-state index in [1.54, 1.807) is 7.05 Å². The van der Waals surface area contributed by atoms with Crippen LogP contribution in [0, 0.1) is 17.1 Å². The molecule has 0 saturated carbocycles. The van der Waals surface area contributed by atoms with E-state index in [0.717, 1.165) is 11.9 Å². The molecule has 7 nitrogen and oxygen atoms in total. The van der Waals surface area contributed by atoms with Crippen LogP contribution in [0.3, 0.4) is 0 Å². The van der Waals surface area contributed by atoms with E-state index in [-0.39, 0.29) is 22.9 Å². The van der Waals surface area contributed by atoms with Crippen LogP contribution in [-0.2, 0) is 7.05 Å². The first-order valence-electron chi connectivity index (χ1n) is 9.68. The first-order chi connectivity index (χ1) is 14.5. The van der Waals surface area contributed by atoms with E-state index in [2.05, 4.69) is 25.8 Å². The Kier molecular flexibility index (Phi) is 5.19. The van der Waals surface area contributed by atoms with E-state index in [0.29, 0.717) is 31.1 Å². The summed E-state index contributed by atoms with van der Waals surface area (Å²) in [5.41, 5.74) is 1.83. The number of para-hydroxylation sites is 1. The first kappa shape index (κ1) is 19.6. The molecule has 3 heterocycles. The van der Waals surface area contributed by atoms with Crippen molar-refractivity contribution in [3.63, 3.8) is 0 Å². The molecular formula is C22H21FN6O. The van der Waals surface area contributed by atoms with E-state index in [1.807, 2.05) is 31.2 Å². The monoisotopic (exact) mass is 404 g/mol. The fraction of sp³-hybridized carbons (Fsp3) is 0.273. The molecule has 0 N–H and O–H groups in total. The van der Waals surface area contributed by atoms with E-state index in [1.165, 1.54) is 22.9 Å². The van der Waals surface area contributed by atoms with Crippen molar-refractivity contribution < 1.29 is 4.39 Å². The molecule has 2 aromatic heterocycles. The van der Waals surface area contributed by atoms with E-state index < -0.39 is 5.82 Å². The number of benzene rings is 1. The van der Waals surface area contributed by atoms with Crippen LogP contribution in [0.25, 0.3) is 11.3 Å². The summed E-state index contributed by atoms with van der Waals surface area (Å²) in [6.07, 6.45) is 2.59. The lowest BCUT2D eigenvalue weighted by molar-refractivity contribution is 0.529. The van der Waals surface area contributed by atoms with E-state index in [4.69, 9.17) is 0 Å². The van der Waals surface area contributed by atoms with Crippen LogP contribution in [0.2, 0.25) is 0 Å². The molecule has 0 spiro atoms. The van der Waals surface area contributed by atoms with Crippen LogP contribution >= 0.6 is 0 Å². The van der Waals surface area contributed by atoms with E-state index >= 15 is 0 Å². The van der Waals surface area contributed by atoms with Crippen LogP contribution in [0.1, 0.15) is 12.5 Å². The summed E-state index contributed by atoms with van der Waals surface area (Å²) in [6.45, 7) is 4.01. The number of halogens is 1. The molecular weight excluding hydrogens is 383 g/mol. The minimum atomic E-state index is -0.518. The number of hydrogen-bond donors (Lipinski definition) is 0. The number of rotatable bonds is 3. The molecule has 8 heteroatoms. The molecule has 1 fully saturated rings. The molecule has 0 amide bonds. The highest BCUT2D eigenvalue weighted by Gasteiger charge is 2.28. The number of aromatic nitrogens is 3. The molecule has 1 aromatic carbocycles. The molecule has 30 heavy (non-hydrogen) atoms. The Balaban J connectivity index is 1.66. The lowest BCUT2D eigenvalue weighted by Crippen LogP contribution is -2.53. The molecule has 4 rings (SSSR count). The maximum Gasteiger partial charge on any atom is 0.255 e. The number of hydrogen-bond acceptors (Lipinski definition) is 6. The summed E-state index contributed by atoms with van der Waals surface area (Å²) in [6, 6.07) is 12.7. The van der Waals surface area contributed by atoms with Crippen molar-refractivity contribution in [2.24, 2.45) is 7.05 Å². The van der Waals surface area contributed by atoms with Gasteiger partial charge in [0.1, 0.15) is 6.07 Å². The Morgan fingerprint density at radius 1 is 1.23 bits per heavy atom. The van der Waals surface area contributed by atoms with Gasteiger partial charge in [-0.25, -0.2) is 9.37 Å². The Labute approximate surface area is 173 Å². The fourth-order valence-corrected chi connectivity index (χ4v) is 3.82. The Morgan fingerprint density at radius 3 is 2.77 bits per heavy atom. The number of pyridine rings is 1. The summed E-state index contributed by atoms with van der Waals surface area (Å²) in [5, 5.41) is 9.40. The van der Waals surface area contributed by atoms with Crippen LogP contribution in [-0.4, -0.2) is 40.2 Å². The van der Waals surface area contributed by atoms with Gasteiger partial charge in [0, 0.05) is 50.6 Å². The van der Waals surface area contributed by atoms with Crippen LogP contribution < -0.4 is 15.4 Å². The number of piperazine rings is 1. The maximum absolute atomic E-state index is 14.2. The standard InChI is InChI=1S/C22H21FN6O/c1-15-14-28(20-6-4-3-5-16(20)12-24)9-10-29(15)22-26-19(11-21(30)27(22)2)17-7-8-25-13-18(17)23/h3-8,11,13,15H,9-10,14H2,1-2H3.